The number of nitrogens with zero attached hydrogens (tertiary/aromatic N) is 1. The van der Waals surface area contributed by atoms with Gasteiger partial charge in [-0.3, -0.25) is 0 Å². The Balaban J connectivity index is 3.04. The predicted molar refractivity (Wildman–Crippen MR) is 49.8 cm³/mol. The van der Waals surface area contributed by atoms with Gasteiger partial charge >= 0.3 is 0 Å². The first kappa shape index (κ1) is 10.0. The number of carbonyl (C=O) groups excluding carboxylic acids is 1. The molecule has 3 nitrogen and oxygen atoms in total. The van der Waals surface area contributed by atoms with E-state index in [9.17, 15) is 9.90 Å². The number of hydrogen-bond donors (Lipinski definition) is 0. The Hall–Kier alpha value is -2.08. The summed E-state index contributed by atoms with van der Waals surface area (Å²) in [6.07, 6.45) is 1.47. The van der Waals surface area contributed by atoms with Gasteiger partial charge in [0.1, 0.15) is 0 Å². The number of nitriles is 1. The van der Waals surface area contributed by atoms with Crippen LogP contribution in [0.4, 0.5) is 0 Å². The number of aliphatic carboxylic acids is 1. The molecule has 0 aliphatic carbocycles. The van der Waals surface area contributed by atoms with Crippen LogP contribution >= 0.6 is 0 Å². The molecule has 0 saturated carbocycles. The van der Waals surface area contributed by atoms with Crippen LogP contribution < -0.4 is 5.11 Å². The maximum atomic E-state index is 10.4. The van der Waals surface area contributed by atoms with Crippen molar-refractivity contribution in [2.24, 2.45) is 0 Å². The van der Waals surface area contributed by atoms with Gasteiger partial charge in [0.15, 0.2) is 0 Å². The van der Waals surface area contributed by atoms with Crippen molar-refractivity contribution >= 4 is 12.0 Å². The summed E-state index contributed by atoms with van der Waals surface area (Å²) in [6.45, 7) is 1.45. The first-order valence-electron chi connectivity index (χ1n) is 4.03. The van der Waals surface area contributed by atoms with Crippen LogP contribution in [0.25, 0.3) is 6.08 Å². The molecule has 0 heterocycles. The average molecular weight is 186 g/mol. The van der Waals surface area contributed by atoms with Gasteiger partial charge in [-0.05, 0) is 30.2 Å². The molecule has 0 radical (unpaired) electrons. The number of carboxylic acids is 1. The molecular formula is C11H8NO2-. The Morgan fingerprint density at radius 1 is 1.57 bits per heavy atom. The zero-order valence-electron chi connectivity index (χ0n) is 7.65. The SMILES string of the molecule is C/C(=C\c1cccc(C#N)c1)C(=O)[O-]. The van der Waals surface area contributed by atoms with Gasteiger partial charge in [-0.15, -0.1) is 0 Å². The van der Waals surface area contributed by atoms with Crippen LogP contribution in [0.15, 0.2) is 29.8 Å². The average Bonchev–Trinajstić information content (AvgIpc) is 2.18. The Bertz CT molecular complexity index is 427. The van der Waals surface area contributed by atoms with Crippen molar-refractivity contribution in [3.63, 3.8) is 0 Å². The van der Waals surface area contributed by atoms with Gasteiger partial charge < -0.3 is 9.90 Å². The third-order valence-electron chi connectivity index (χ3n) is 1.72. The van der Waals surface area contributed by atoms with Crippen molar-refractivity contribution in [2.45, 2.75) is 6.92 Å². The highest BCUT2D eigenvalue weighted by Crippen LogP contribution is 2.08. The monoisotopic (exact) mass is 186 g/mol. The maximum absolute atomic E-state index is 10.4. The van der Waals surface area contributed by atoms with Gasteiger partial charge in [0.05, 0.1) is 17.6 Å². The molecule has 0 unspecified atom stereocenters. The lowest BCUT2D eigenvalue weighted by atomic mass is 10.1. The first-order chi connectivity index (χ1) is 6.63. The number of benzene rings is 1. The highest BCUT2D eigenvalue weighted by molar-refractivity contribution is 5.89. The van der Waals surface area contributed by atoms with Crippen molar-refractivity contribution < 1.29 is 9.90 Å². The standard InChI is InChI=1S/C11H9NO2/c1-8(11(13)14)5-9-3-2-4-10(6-9)7-12/h2-6H,1H3,(H,13,14)/p-1/b8-5+. The topological polar surface area (TPSA) is 63.9 Å². The van der Waals surface area contributed by atoms with Gasteiger partial charge in [0.25, 0.3) is 0 Å². The van der Waals surface area contributed by atoms with Crippen molar-refractivity contribution in [1.29, 1.82) is 5.26 Å². The van der Waals surface area contributed by atoms with E-state index in [1.54, 1.807) is 24.3 Å². The third kappa shape index (κ3) is 2.46. The molecule has 0 amide bonds. The zero-order valence-corrected chi connectivity index (χ0v) is 7.65. The van der Waals surface area contributed by atoms with Gasteiger partial charge in [-0.25, -0.2) is 0 Å². The molecule has 3 heteroatoms. The molecule has 1 aromatic carbocycles. The Morgan fingerprint density at radius 2 is 2.29 bits per heavy atom. The molecule has 0 fully saturated rings. The Kier molecular flexibility index (Phi) is 3.03. The van der Waals surface area contributed by atoms with Crippen LogP contribution in [-0.4, -0.2) is 5.97 Å². The summed E-state index contributed by atoms with van der Waals surface area (Å²) in [6, 6.07) is 8.68. The minimum Gasteiger partial charge on any atom is -0.545 e. The molecule has 0 bridgehead atoms. The molecule has 1 rings (SSSR count). The summed E-state index contributed by atoms with van der Waals surface area (Å²) >= 11 is 0. The summed E-state index contributed by atoms with van der Waals surface area (Å²) in [5, 5.41) is 19.0. The summed E-state index contributed by atoms with van der Waals surface area (Å²) in [7, 11) is 0. The molecule has 14 heavy (non-hydrogen) atoms. The lowest BCUT2D eigenvalue weighted by molar-refractivity contribution is -0.299. The van der Waals surface area contributed by atoms with Crippen LogP contribution in [0.1, 0.15) is 18.1 Å². The Morgan fingerprint density at radius 3 is 2.86 bits per heavy atom. The van der Waals surface area contributed by atoms with E-state index >= 15 is 0 Å². The summed E-state index contributed by atoms with van der Waals surface area (Å²) in [5.41, 5.74) is 1.33. The molecular weight excluding hydrogens is 178 g/mol. The normalized spacial score (nSPS) is 10.7. The molecule has 1 aromatic rings. The quantitative estimate of drug-likeness (QED) is 0.639. The minimum absolute atomic E-state index is 0.139. The van der Waals surface area contributed by atoms with E-state index in [0.717, 1.165) is 0 Å². The number of hydrogen-bond acceptors (Lipinski definition) is 3. The predicted octanol–water partition coefficient (Wildman–Crippen LogP) is 0.711. The summed E-state index contributed by atoms with van der Waals surface area (Å²) < 4.78 is 0. The molecule has 0 aliphatic rings. The maximum Gasteiger partial charge on any atom is 0.0991 e. The fourth-order valence-electron chi connectivity index (χ4n) is 1.01. The lowest BCUT2D eigenvalue weighted by Gasteiger charge is -2.01. The zero-order chi connectivity index (χ0) is 10.6. The summed E-state index contributed by atoms with van der Waals surface area (Å²) in [4.78, 5) is 10.4. The van der Waals surface area contributed by atoms with Gasteiger partial charge in [-0.2, -0.15) is 5.26 Å². The molecule has 0 aromatic heterocycles. The van der Waals surface area contributed by atoms with Crippen LogP contribution in [0.3, 0.4) is 0 Å². The van der Waals surface area contributed by atoms with Crippen LogP contribution in [0.2, 0.25) is 0 Å². The van der Waals surface area contributed by atoms with Gasteiger partial charge in [0.2, 0.25) is 0 Å². The lowest BCUT2D eigenvalue weighted by Crippen LogP contribution is -2.22. The second-order valence-corrected chi connectivity index (χ2v) is 2.85. The number of carboxylic acid groups (broad SMARTS) is 1. The van der Waals surface area contributed by atoms with E-state index in [1.165, 1.54) is 13.0 Å². The van der Waals surface area contributed by atoms with Crippen LogP contribution in [0, 0.1) is 11.3 Å². The highest BCUT2D eigenvalue weighted by Gasteiger charge is 1.93. The number of rotatable bonds is 2. The largest absolute Gasteiger partial charge is 0.545 e. The van der Waals surface area contributed by atoms with E-state index < -0.39 is 5.97 Å². The first-order valence-corrected chi connectivity index (χ1v) is 4.03. The van der Waals surface area contributed by atoms with E-state index in [4.69, 9.17) is 5.26 Å². The van der Waals surface area contributed by atoms with Crippen LogP contribution in [-0.2, 0) is 4.79 Å². The fraction of sp³-hybridized carbons (Fsp3) is 0.0909. The second-order valence-electron chi connectivity index (χ2n) is 2.85. The molecule has 0 atom stereocenters. The number of carbonyl (C=O) groups is 1. The Labute approximate surface area is 81.9 Å². The van der Waals surface area contributed by atoms with Crippen molar-refractivity contribution in [3.8, 4) is 6.07 Å². The van der Waals surface area contributed by atoms with Crippen LogP contribution in [0.5, 0.6) is 0 Å². The molecule has 0 aliphatic heterocycles. The third-order valence-corrected chi connectivity index (χ3v) is 1.72. The smallest absolute Gasteiger partial charge is 0.0991 e. The van der Waals surface area contributed by atoms with Gasteiger partial charge in [-0.1, -0.05) is 18.2 Å². The highest BCUT2D eigenvalue weighted by atomic mass is 16.4. The molecule has 0 N–H and O–H groups in total. The molecule has 70 valence electrons. The van der Waals surface area contributed by atoms with E-state index in [1.807, 2.05) is 6.07 Å². The van der Waals surface area contributed by atoms with E-state index in [0.29, 0.717) is 11.1 Å². The van der Waals surface area contributed by atoms with Crippen molar-refractivity contribution in [3.05, 3.63) is 41.0 Å². The van der Waals surface area contributed by atoms with Crippen molar-refractivity contribution in [1.82, 2.24) is 0 Å². The van der Waals surface area contributed by atoms with Crippen molar-refractivity contribution in [2.75, 3.05) is 0 Å². The summed E-state index contributed by atoms with van der Waals surface area (Å²) in [5.74, 6) is -1.20. The minimum atomic E-state index is -1.20. The van der Waals surface area contributed by atoms with E-state index in [-0.39, 0.29) is 5.57 Å². The molecule has 0 saturated heterocycles. The van der Waals surface area contributed by atoms with E-state index in [2.05, 4.69) is 0 Å². The molecule has 0 spiro atoms. The second kappa shape index (κ2) is 4.24. The fourth-order valence-corrected chi connectivity index (χ4v) is 1.01. The van der Waals surface area contributed by atoms with Gasteiger partial charge in [0, 0.05) is 0 Å².